The summed E-state index contributed by atoms with van der Waals surface area (Å²) >= 11 is 0. The summed E-state index contributed by atoms with van der Waals surface area (Å²) in [6.45, 7) is 1.57. The lowest BCUT2D eigenvalue weighted by molar-refractivity contribution is -0.121. The van der Waals surface area contributed by atoms with E-state index in [2.05, 4.69) is 30.8 Å². The summed E-state index contributed by atoms with van der Waals surface area (Å²) in [7, 11) is 1.68. The zero-order valence-corrected chi connectivity index (χ0v) is 15.6. The summed E-state index contributed by atoms with van der Waals surface area (Å²) in [6.07, 6.45) is 1.23. The molecular weight excluding hydrogens is 378 g/mol. The molecule has 0 spiro atoms. The number of carbonyl (C=O) groups excluding carboxylic acids is 3. The summed E-state index contributed by atoms with van der Waals surface area (Å²) in [4.78, 5) is 45.3. The first kappa shape index (κ1) is 18.3. The monoisotopic (exact) mass is 395 g/mol. The molecule has 11 nitrogen and oxygen atoms in total. The Kier molecular flexibility index (Phi) is 4.55. The number of ether oxygens (including phenoxy) is 1. The van der Waals surface area contributed by atoms with Gasteiger partial charge in [0, 0.05) is 20.5 Å². The number of aromatic nitrogens is 4. The fourth-order valence-corrected chi connectivity index (χ4v) is 2.96. The number of hydrogen-bond donors (Lipinski definition) is 3. The molecule has 0 saturated carbocycles. The molecule has 1 aliphatic heterocycles. The number of nitrogens with zero attached hydrogens (tertiary/aromatic N) is 4. The van der Waals surface area contributed by atoms with Crippen molar-refractivity contribution < 1.29 is 19.1 Å². The lowest BCUT2D eigenvalue weighted by Crippen LogP contribution is -2.35. The number of likely N-dealkylation sites (N-methyl/N-ethyl adjacent to an activating group) is 1. The summed E-state index contributed by atoms with van der Waals surface area (Å²) in [5.41, 5.74) is 2.19. The van der Waals surface area contributed by atoms with Crippen LogP contribution in [0.3, 0.4) is 0 Å². The number of amides is 3. The van der Waals surface area contributed by atoms with Crippen molar-refractivity contribution in [1.82, 2.24) is 25.5 Å². The van der Waals surface area contributed by atoms with Crippen molar-refractivity contribution in [2.24, 2.45) is 0 Å². The van der Waals surface area contributed by atoms with Crippen LogP contribution in [0, 0.1) is 0 Å². The van der Waals surface area contributed by atoms with E-state index in [0.29, 0.717) is 22.5 Å². The molecule has 148 valence electrons. The number of hydrogen-bond acceptors (Lipinski definition) is 7. The molecule has 0 atom stereocenters. The van der Waals surface area contributed by atoms with Gasteiger partial charge in [0.25, 0.3) is 11.8 Å². The van der Waals surface area contributed by atoms with Gasteiger partial charge < -0.3 is 20.3 Å². The van der Waals surface area contributed by atoms with E-state index in [0.717, 1.165) is 5.56 Å². The fraction of sp³-hybridized carbons (Fsp3) is 0.222. The zero-order chi connectivity index (χ0) is 20.5. The molecule has 4 rings (SSSR count). The number of aromatic amines is 1. The second-order valence-corrected chi connectivity index (χ2v) is 6.43. The SMILES string of the molecule is CC(=O)Nc1n[nH]c2c(C(=O)NCc3ccc4c(c3)N(C)C(=O)CO4)ncnc12. The molecule has 3 amide bonds. The minimum Gasteiger partial charge on any atom is -0.482 e. The minimum atomic E-state index is -0.436. The molecule has 11 heteroatoms. The lowest BCUT2D eigenvalue weighted by atomic mass is 10.1. The lowest BCUT2D eigenvalue weighted by Gasteiger charge is -2.26. The fourth-order valence-electron chi connectivity index (χ4n) is 2.96. The van der Waals surface area contributed by atoms with Crippen LogP contribution < -0.4 is 20.3 Å². The molecule has 1 aromatic carbocycles. The van der Waals surface area contributed by atoms with Gasteiger partial charge >= 0.3 is 0 Å². The number of anilines is 2. The number of rotatable bonds is 4. The molecule has 0 fully saturated rings. The summed E-state index contributed by atoms with van der Waals surface area (Å²) in [6, 6.07) is 5.36. The molecule has 3 aromatic rings. The van der Waals surface area contributed by atoms with Crippen LogP contribution in [0.1, 0.15) is 23.0 Å². The first-order valence-corrected chi connectivity index (χ1v) is 8.71. The Balaban J connectivity index is 1.53. The Bertz CT molecular complexity index is 1140. The normalized spacial score (nSPS) is 13.0. The largest absolute Gasteiger partial charge is 0.482 e. The van der Waals surface area contributed by atoms with Crippen LogP contribution in [-0.2, 0) is 16.1 Å². The molecule has 29 heavy (non-hydrogen) atoms. The van der Waals surface area contributed by atoms with Gasteiger partial charge in [-0.1, -0.05) is 6.07 Å². The molecule has 3 N–H and O–H groups in total. The van der Waals surface area contributed by atoms with Crippen molar-refractivity contribution in [2.75, 3.05) is 23.9 Å². The predicted octanol–water partition coefficient (Wildman–Crippen LogP) is 0.596. The molecule has 0 bridgehead atoms. The average molecular weight is 395 g/mol. The van der Waals surface area contributed by atoms with Crippen LogP contribution in [0.25, 0.3) is 11.0 Å². The number of nitrogens with one attached hydrogen (secondary N) is 3. The topological polar surface area (TPSA) is 142 Å². The summed E-state index contributed by atoms with van der Waals surface area (Å²) in [5, 5.41) is 12.0. The quantitative estimate of drug-likeness (QED) is 0.587. The van der Waals surface area contributed by atoms with E-state index in [1.165, 1.54) is 18.2 Å². The Hall–Kier alpha value is -4.02. The van der Waals surface area contributed by atoms with Gasteiger partial charge in [0.05, 0.1) is 5.69 Å². The van der Waals surface area contributed by atoms with Crippen molar-refractivity contribution in [3.8, 4) is 5.75 Å². The Morgan fingerprint density at radius 3 is 2.93 bits per heavy atom. The number of carbonyl (C=O) groups is 3. The van der Waals surface area contributed by atoms with Crippen LogP contribution in [0.15, 0.2) is 24.5 Å². The number of H-pyrrole nitrogens is 1. The second kappa shape index (κ2) is 7.19. The summed E-state index contributed by atoms with van der Waals surface area (Å²) in [5.74, 6) is -0.0399. The van der Waals surface area contributed by atoms with E-state index in [-0.39, 0.29) is 36.5 Å². The molecule has 0 saturated heterocycles. The van der Waals surface area contributed by atoms with Crippen molar-refractivity contribution >= 4 is 40.3 Å². The van der Waals surface area contributed by atoms with E-state index in [4.69, 9.17) is 4.74 Å². The van der Waals surface area contributed by atoms with Crippen LogP contribution >= 0.6 is 0 Å². The van der Waals surface area contributed by atoms with Crippen LogP contribution in [-0.4, -0.2) is 51.5 Å². The van der Waals surface area contributed by atoms with Crippen LogP contribution in [0.2, 0.25) is 0 Å². The van der Waals surface area contributed by atoms with Gasteiger partial charge in [0.15, 0.2) is 18.1 Å². The predicted molar refractivity (Wildman–Crippen MR) is 103 cm³/mol. The van der Waals surface area contributed by atoms with Gasteiger partial charge in [0.2, 0.25) is 5.91 Å². The third-order valence-corrected chi connectivity index (χ3v) is 4.42. The van der Waals surface area contributed by atoms with Gasteiger partial charge in [-0.25, -0.2) is 9.97 Å². The Labute approximate surface area is 164 Å². The average Bonchev–Trinajstić information content (AvgIpc) is 3.11. The molecular formula is C18H17N7O4. The standard InChI is InChI=1S/C18H17N7O4/c1-9(26)22-17-15-14(23-24-17)16(21-8-20-15)18(28)19-6-10-3-4-12-11(5-10)25(2)13(27)7-29-12/h3-5,8H,6-7H2,1-2H3,(H,19,28)(H2,22,23,24,26). The van der Waals surface area contributed by atoms with E-state index in [1.54, 1.807) is 19.2 Å². The molecule has 1 aliphatic rings. The highest BCUT2D eigenvalue weighted by molar-refractivity contribution is 6.06. The Morgan fingerprint density at radius 2 is 2.14 bits per heavy atom. The van der Waals surface area contributed by atoms with E-state index in [9.17, 15) is 14.4 Å². The highest BCUT2D eigenvalue weighted by Gasteiger charge is 2.23. The highest BCUT2D eigenvalue weighted by Crippen LogP contribution is 2.32. The second-order valence-electron chi connectivity index (χ2n) is 6.43. The van der Waals surface area contributed by atoms with Gasteiger partial charge in [-0.15, -0.1) is 0 Å². The smallest absolute Gasteiger partial charge is 0.272 e. The third kappa shape index (κ3) is 3.45. The van der Waals surface area contributed by atoms with Crippen molar-refractivity contribution in [2.45, 2.75) is 13.5 Å². The third-order valence-electron chi connectivity index (χ3n) is 4.42. The van der Waals surface area contributed by atoms with Crippen molar-refractivity contribution in [1.29, 1.82) is 0 Å². The number of benzene rings is 1. The van der Waals surface area contributed by atoms with E-state index >= 15 is 0 Å². The molecule has 0 aliphatic carbocycles. The highest BCUT2D eigenvalue weighted by atomic mass is 16.5. The van der Waals surface area contributed by atoms with E-state index < -0.39 is 5.91 Å². The van der Waals surface area contributed by atoms with Crippen molar-refractivity contribution in [3.63, 3.8) is 0 Å². The first-order chi connectivity index (χ1) is 13.9. The van der Waals surface area contributed by atoms with E-state index in [1.807, 2.05) is 6.07 Å². The van der Waals surface area contributed by atoms with Crippen LogP contribution in [0.4, 0.5) is 11.5 Å². The maximum Gasteiger partial charge on any atom is 0.272 e. The molecule has 2 aromatic heterocycles. The Morgan fingerprint density at radius 1 is 1.31 bits per heavy atom. The first-order valence-electron chi connectivity index (χ1n) is 8.71. The van der Waals surface area contributed by atoms with Gasteiger partial charge in [-0.3, -0.25) is 19.5 Å². The van der Waals surface area contributed by atoms with Gasteiger partial charge in [0.1, 0.15) is 23.1 Å². The number of fused-ring (bicyclic) bond motifs is 2. The molecule has 3 heterocycles. The zero-order valence-electron chi connectivity index (χ0n) is 15.6. The maximum atomic E-state index is 12.6. The maximum absolute atomic E-state index is 12.6. The van der Waals surface area contributed by atoms with Crippen LogP contribution in [0.5, 0.6) is 5.75 Å². The van der Waals surface area contributed by atoms with Gasteiger partial charge in [-0.05, 0) is 17.7 Å². The molecule has 0 unspecified atom stereocenters. The van der Waals surface area contributed by atoms with Gasteiger partial charge in [-0.2, -0.15) is 5.10 Å². The summed E-state index contributed by atoms with van der Waals surface area (Å²) < 4.78 is 5.40. The molecule has 0 radical (unpaired) electrons. The van der Waals surface area contributed by atoms with Crippen molar-refractivity contribution in [3.05, 3.63) is 35.8 Å². The minimum absolute atomic E-state index is 0.00789.